The van der Waals surface area contributed by atoms with Crippen molar-refractivity contribution in [1.82, 2.24) is 0 Å². The predicted octanol–water partition coefficient (Wildman–Crippen LogP) is 3.45. The van der Waals surface area contributed by atoms with E-state index in [1.807, 2.05) is 30.3 Å². The van der Waals surface area contributed by atoms with E-state index in [-0.39, 0.29) is 18.4 Å². The van der Waals surface area contributed by atoms with Gasteiger partial charge in [0.25, 0.3) is 0 Å². The number of hydrogen-bond acceptors (Lipinski definition) is 1. The van der Waals surface area contributed by atoms with Crippen LogP contribution in [-0.2, 0) is 0 Å². The molecule has 0 spiro atoms. The van der Waals surface area contributed by atoms with Crippen LogP contribution in [0.25, 0.3) is 0 Å². The lowest BCUT2D eigenvalue weighted by atomic mass is 10.1. The average Bonchev–Trinajstić information content (AvgIpc) is 2.05. The van der Waals surface area contributed by atoms with Gasteiger partial charge in [0.05, 0.1) is 0 Å². The lowest BCUT2D eigenvalue weighted by Crippen LogP contribution is -2.08. The van der Waals surface area contributed by atoms with Gasteiger partial charge in [0, 0.05) is 10.5 Å². The van der Waals surface area contributed by atoms with E-state index in [1.165, 1.54) is 0 Å². The first-order valence-electron chi connectivity index (χ1n) is 3.86. The highest BCUT2D eigenvalue weighted by molar-refractivity contribution is 9.10. The second-order valence-corrected chi connectivity index (χ2v) is 3.60. The Balaban J connectivity index is 0.00000144. The largest absolute Gasteiger partial charge is 0.324 e. The molecule has 0 fully saturated rings. The molecular formula is C10H13BrClN. The van der Waals surface area contributed by atoms with Gasteiger partial charge in [0.15, 0.2) is 0 Å². The maximum absolute atomic E-state index is 5.88. The highest BCUT2D eigenvalue weighted by atomic mass is 79.9. The maximum atomic E-state index is 5.88. The second-order valence-electron chi connectivity index (χ2n) is 2.69. The molecule has 0 saturated heterocycles. The van der Waals surface area contributed by atoms with E-state index >= 15 is 0 Å². The van der Waals surface area contributed by atoms with E-state index < -0.39 is 0 Å². The quantitative estimate of drug-likeness (QED) is 0.830. The lowest BCUT2D eigenvalue weighted by molar-refractivity contribution is 0.741. The van der Waals surface area contributed by atoms with Crippen LogP contribution in [0.15, 0.2) is 41.4 Å². The van der Waals surface area contributed by atoms with Gasteiger partial charge in [-0.3, -0.25) is 0 Å². The van der Waals surface area contributed by atoms with Crippen molar-refractivity contribution in [2.45, 2.75) is 12.5 Å². The lowest BCUT2D eigenvalue weighted by Gasteiger charge is -2.08. The highest BCUT2D eigenvalue weighted by Gasteiger charge is 2.02. The van der Waals surface area contributed by atoms with Crippen LogP contribution in [0.1, 0.15) is 18.0 Å². The van der Waals surface area contributed by atoms with Crippen LogP contribution in [0.5, 0.6) is 0 Å². The Labute approximate surface area is 93.6 Å². The molecule has 0 radical (unpaired) electrons. The molecule has 0 heterocycles. The summed E-state index contributed by atoms with van der Waals surface area (Å²) in [5, 5.41) is 0. The molecule has 0 aromatic heterocycles. The van der Waals surface area contributed by atoms with Gasteiger partial charge in [0.1, 0.15) is 0 Å². The number of hydrogen-bond donors (Lipinski definition) is 1. The third-order valence-electron chi connectivity index (χ3n) is 1.70. The third-order valence-corrected chi connectivity index (χ3v) is 2.19. The van der Waals surface area contributed by atoms with Crippen LogP contribution in [0.4, 0.5) is 0 Å². The first kappa shape index (κ1) is 12.7. The molecule has 1 unspecified atom stereocenters. The molecule has 3 heteroatoms. The molecular weight excluding hydrogens is 249 g/mol. The number of nitrogens with two attached hydrogens (primary N) is 1. The Morgan fingerprint density at radius 3 is 2.77 bits per heavy atom. The Kier molecular flexibility index (Phi) is 6.04. The van der Waals surface area contributed by atoms with E-state index in [9.17, 15) is 0 Å². The smallest absolute Gasteiger partial charge is 0.0330 e. The summed E-state index contributed by atoms with van der Waals surface area (Å²) in [5.74, 6) is 0. The van der Waals surface area contributed by atoms with Gasteiger partial charge in [-0.25, -0.2) is 0 Å². The molecule has 13 heavy (non-hydrogen) atoms. The minimum absolute atomic E-state index is 0. The van der Waals surface area contributed by atoms with Crippen LogP contribution in [0, 0.1) is 0 Å². The van der Waals surface area contributed by atoms with Crippen LogP contribution in [0.2, 0.25) is 0 Å². The zero-order chi connectivity index (χ0) is 8.97. The fourth-order valence-corrected chi connectivity index (χ4v) is 1.47. The standard InChI is InChI=1S/C10H12BrN.ClH/c1-2-4-10(12)8-5-3-6-9(11)7-8;/h2-3,5-7,10H,1,4,12H2;1H. The van der Waals surface area contributed by atoms with Gasteiger partial charge >= 0.3 is 0 Å². The number of rotatable bonds is 3. The number of halogens is 2. The van der Waals surface area contributed by atoms with Crippen molar-refractivity contribution in [3.8, 4) is 0 Å². The Hall–Kier alpha value is -0.310. The van der Waals surface area contributed by atoms with E-state index in [1.54, 1.807) is 0 Å². The zero-order valence-corrected chi connectivity index (χ0v) is 9.64. The summed E-state index contributed by atoms with van der Waals surface area (Å²) in [7, 11) is 0. The topological polar surface area (TPSA) is 26.0 Å². The van der Waals surface area contributed by atoms with Gasteiger partial charge in [-0.05, 0) is 24.1 Å². The van der Waals surface area contributed by atoms with Crippen molar-refractivity contribution >= 4 is 28.3 Å². The molecule has 1 nitrogen and oxygen atoms in total. The fraction of sp³-hybridized carbons (Fsp3) is 0.200. The zero-order valence-electron chi connectivity index (χ0n) is 7.24. The second kappa shape index (κ2) is 6.19. The van der Waals surface area contributed by atoms with Crippen LogP contribution in [-0.4, -0.2) is 0 Å². The monoisotopic (exact) mass is 261 g/mol. The van der Waals surface area contributed by atoms with Crippen LogP contribution in [0.3, 0.4) is 0 Å². The van der Waals surface area contributed by atoms with Crippen LogP contribution >= 0.6 is 28.3 Å². The minimum Gasteiger partial charge on any atom is -0.324 e. The van der Waals surface area contributed by atoms with E-state index in [2.05, 4.69) is 22.5 Å². The van der Waals surface area contributed by atoms with Gasteiger partial charge in [0.2, 0.25) is 0 Å². The van der Waals surface area contributed by atoms with E-state index in [0.29, 0.717) is 0 Å². The van der Waals surface area contributed by atoms with Gasteiger partial charge in [-0.1, -0.05) is 34.1 Å². The van der Waals surface area contributed by atoms with Crippen molar-refractivity contribution in [2.24, 2.45) is 5.73 Å². The van der Waals surface area contributed by atoms with Gasteiger partial charge in [-0.2, -0.15) is 0 Å². The normalized spacial score (nSPS) is 11.5. The molecule has 0 aliphatic carbocycles. The summed E-state index contributed by atoms with van der Waals surface area (Å²) < 4.78 is 1.07. The Morgan fingerprint density at radius 2 is 2.23 bits per heavy atom. The first-order valence-corrected chi connectivity index (χ1v) is 4.65. The molecule has 0 bridgehead atoms. The highest BCUT2D eigenvalue weighted by Crippen LogP contribution is 2.18. The molecule has 0 amide bonds. The molecule has 0 aliphatic heterocycles. The summed E-state index contributed by atoms with van der Waals surface area (Å²) in [6, 6.07) is 8.11. The van der Waals surface area contributed by atoms with E-state index in [4.69, 9.17) is 5.73 Å². The number of benzene rings is 1. The summed E-state index contributed by atoms with van der Waals surface area (Å²) >= 11 is 3.40. The molecule has 0 saturated carbocycles. The molecule has 2 N–H and O–H groups in total. The molecule has 0 aliphatic rings. The van der Waals surface area contributed by atoms with Crippen molar-refractivity contribution < 1.29 is 0 Å². The van der Waals surface area contributed by atoms with Crippen molar-refractivity contribution in [1.29, 1.82) is 0 Å². The first-order chi connectivity index (χ1) is 5.74. The fourth-order valence-electron chi connectivity index (χ4n) is 1.05. The summed E-state index contributed by atoms with van der Waals surface area (Å²) in [5.41, 5.74) is 7.03. The summed E-state index contributed by atoms with van der Waals surface area (Å²) in [4.78, 5) is 0. The molecule has 1 aromatic rings. The maximum Gasteiger partial charge on any atom is 0.0330 e. The Bertz CT molecular complexity index is 275. The average molecular weight is 263 g/mol. The van der Waals surface area contributed by atoms with E-state index in [0.717, 1.165) is 16.5 Å². The third kappa shape index (κ3) is 3.94. The predicted molar refractivity (Wildman–Crippen MR) is 63.1 cm³/mol. The van der Waals surface area contributed by atoms with Gasteiger partial charge in [-0.15, -0.1) is 19.0 Å². The summed E-state index contributed by atoms with van der Waals surface area (Å²) in [6.07, 6.45) is 2.65. The van der Waals surface area contributed by atoms with Crippen molar-refractivity contribution in [2.75, 3.05) is 0 Å². The minimum atomic E-state index is 0. The van der Waals surface area contributed by atoms with Crippen molar-refractivity contribution in [3.63, 3.8) is 0 Å². The SMILES string of the molecule is C=CCC(N)c1cccc(Br)c1.Cl. The Morgan fingerprint density at radius 1 is 1.54 bits per heavy atom. The van der Waals surface area contributed by atoms with Gasteiger partial charge < -0.3 is 5.73 Å². The molecule has 1 aromatic carbocycles. The molecule has 1 atom stereocenters. The summed E-state index contributed by atoms with van der Waals surface area (Å²) in [6.45, 7) is 3.66. The molecule has 1 rings (SSSR count). The van der Waals surface area contributed by atoms with Crippen molar-refractivity contribution in [3.05, 3.63) is 47.0 Å². The molecule has 72 valence electrons. The van der Waals surface area contributed by atoms with Crippen LogP contribution < -0.4 is 5.73 Å².